The highest BCUT2D eigenvalue weighted by atomic mass is 19.4. The molecule has 1 aliphatic heterocycles. The molecular formula is C20H21F3N2O2. The Kier molecular flexibility index (Phi) is 5.41. The Hall–Kier alpha value is -2.54. The molecule has 1 saturated heterocycles. The Morgan fingerprint density at radius 3 is 2.48 bits per heavy atom. The van der Waals surface area contributed by atoms with Crippen molar-refractivity contribution in [3.05, 3.63) is 65.2 Å². The molecule has 2 aromatic rings. The van der Waals surface area contributed by atoms with Crippen LogP contribution in [0.2, 0.25) is 0 Å². The number of hydrogen-bond acceptors (Lipinski definition) is 3. The van der Waals surface area contributed by atoms with Crippen molar-refractivity contribution in [2.45, 2.75) is 12.3 Å². The maximum Gasteiger partial charge on any atom is 0.416 e. The van der Waals surface area contributed by atoms with Gasteiger partial charge in [0, 0.05) is 31.9 Å². The molecule has 2 aromatic carbocycles. The van der Waals surface area contributed by atoms with E-state index in [0.29, 0.717) is 30.8 Å². The number of ether oxygens (including phenoxy) is 1. The lowest BCUT2D eigenvalue weighted by atomic mass is 10.0. The van der Waals surface area contributed by atoms with E-state index in [0.717, 1.165) is 17.8 Å². The standard InChI is InChI=1S/C20H21F3N2O2/c1-24(2)17-5-3-4-15(12-17)19(26)25-10-11-27-18(13-25)14-6-8-16(9-7-14)20(21,22)23/h3-9,12,18H,10-11,13H2,1-2H3/t18-/m1/s1. The van der Waals surface area contributed by atoms with Gasteiger partial charge < -0.3 is 14.5 Å². The summed E-state index contributed by atoms with van der Waals surface area (Å²) in [6.45, 7) is 1.09. The van der Waals surface area contributed by atoms with Crippen LogP contribution < -0.4 is 4.90 Å². The van der Waals surface area contributed by atoms with Crippen LogP contribution in [0.4, 0.5) is 18.9 Å². The molecule has 1 aliphatic rings. The number of nitrogens with zero attached hydrogens (tertiary/aromatic N) is 2. The zero-order chi connectivity index (χ0) is 19.6. The lowest BCUT2D eigenvalue weighted by Gasteiger charge is -2.33. The first-order valence-corrected chi connectivity index (χ1v) is 8.61. The zero-order valence-corrected chi connectivity index (χ0v) is 15.2. The Labute approximate surface area is 156 Å². The van der Waals surface area contributed by atoms with Gasteiger partial charge in [0.25, 0.3) is 5.91 Å². The van der Waals surface area contributed by atoms with E-state index in [9.17, 15) is 18.0 Å². The van der Waals surface area contributed by atoms with Crippen LogP contribution in [-0.4, -0.2) is 44.6 Å². The van der Waals surface area contributed by atoms with E-state index in [1.807, 2.05) is 37.2 Å². The Balaban J connectivity index is 1.74. The van der Waals surface area contributed by atoms with E-state index in [2.05, 4.69) is 0 Å². The van der Waals surface area contributed by atoms with Gasteiger partial charge in [0.2, 0.25) is 0 Å². The number of alkyl halides is 3. The van der Waals surface area contributed by atoms with Crippen LogP contribution in [-0.2, 0) is 10.9 Å². The van der Waals surface area contributed by atoms with E-state index in [1.165, 1.54) is 12.1 Å². The second kappa shape index (κ2) is 7.60. The molecule has 1 amide bonds. The summed E-state index contributed by atoms with van der Waals surface area (Å²) >= 11 is 0. The normalized spacial score (nSPS) is 17.7. The molecule has 0 unspecified atom stereocenters. The fourth-order valence-corrected chi connectivity index (χ4v) is 3.02. The minimum absolute atomic E-state index is 0.112. The molecule has 3 rings (SSSR count). The third-order valence-electron chi connectivity index (χ3n) is 4.57. The maximum absolute atomic E-state index is 12.8. The van der Waals surface area contributed by atoms with Crippen molar-refractivity contribution in [3.8, 4) is 0 Å². The van der Waals surface area contributed by atoms with E-state index >= 15 is 0 Å². The van der Waals surface area contributed by atoms with E-state index in [1.54, 1.807) is 11.0 Å². The smallest absolute Gasteiger partial charge is 0.378 e. The third kappa shape index (κ3) is 4.42. The summed E-state index contributed by atoms with van der Waals surface area (Å²) < 4.78 is 43.8. The predicted molar refractivity (Wildman–Crippen MR) is 96.8 cm³/mol. The minimum Gasteiger partial charge on any atom is -0.378 e. The summed E-state index contributed by atoms with van der Waals surface area (Å²) in [6, 6.07) is 12.2. The molecule has 4 nitrogen and oxygen atoms in total. The van der Waals surface area contributed by atoms with Gasteiger partial charge in [-0.25, -0.2) is 0 Å². The second-order valence-electron chi connectivity index (χ2n) is 6.68. The lowest BCUT2D eigenvalue weighted by molar-refractivity contribution is -0.137. The third-order valence-corrected chi connectivity index (χ3v) is 4.57. The van der Waals surface area contributed by atoms with Crippen LogP contribution in [0.15, 0.2) is 48.5 Å². The highest BCUT2D eigenvalue weighted by Gasteiger charge is 2.31. The summed E-state index contributed by atoms with van der Waals surface area (Å²) in [4.78, 5) is 16.4. The number of hydrogen-bond donors (Lipinski definition) is 0. The molecule has 1 heterocycles. The highest BCUT2D eigenvalue weighted by molar-refractivity contribution is 5.95. The van der Waals surface area contributed by atoms with Gasteiger partial charge in [-0.05, 0) is 35.9 Å². The molecule has 0 bridgehead atoms. The highest BCUT2D eigenvalue weighted by Crippen LogP contribution is 2.31. The summed E-state index contributed by atoms with van der Waals surface area (Å²) in [5, 5.41) is 0. The fourth-order valence-electron chi connectivity index (χ4n) is 3.02. The molecule has 0 aliphatic carbocycles. The number of anilines is 1. The van der Waals surface area contributed by atoms with Crippen molar-refractivity contribution >= 4 is 11.6 Å². The summed E-state index contributed by atoms with van der Waals surface area (Å²) in [6.07, 6.45) is -4.81. The monoisotopic (exact) mass is 378 g/mol. The topological polar surface area (TPSA) is 32.8 Å². The average molecular weight is 378 g/mol. The Bertz CT molecular complexity index is 804. The van der Waals surface area contributed by atoms with Gasteiger partial charge in [-0.2, -0.15) is 13.2 Å². The number of rotatable bonds is 3. The van der Waals surface area contributed by atoms with Crippen LogP contribution in [0.1, 0.15) is 27.6 Å². The van der Waals surface area contributed by atoms with E-state index in [-0.39, 0.29) is 5.91 Å². The van der Waals surface area contributed by atoms with Crippen LogP contribution in [0.5, 0.6) is 0 Å². The second-order valence-corrected chi connectivity index (χ2v) is 6.68. The average Bonchev–Trinajstić information content (AvgIpc) is 2.67. The molecule has 0 aromatic heterocycles. The van der Waals surface area contributed by atoms with Gasteiger partial charge in [-0.1, -0.05) is 18.2 Å². The van der Waals surface area contributed by atoms with Crippen molar-refractivity contribution < 1.29 is 22.7 Å². The molecular weight excluding hydrogens is 357 g/mol. The zero-order valence-electron chi connectivity index (χ0n) is 15.2. The van der Waals surface area contributed by atoms with E-state index < -0.39 is 17.8 Å². The van der Waals surface area contributed by atoms with Gasteiger partial charge >= 0.3 is 6.18 Å². The van der Waals surface area contributed by atoms with Gasteiger partial charge in [0.05, 0.1) is 18.7 Å². The lowest BCUT2D eigenvalue weighted by Crippen LogP contribution is -2.42. The summed E-state index contributed by atoms with van der Waals surface area (Å²) in [5.41, 5.74) is 1.43. The van der Waals surface area contributed by atoms with E-state index in [4.69, 9.17) is 4.74 Å². The fraction of sp³-hybridized carbons (Fsp3) is 0.350. The molecule has 0 N–H and O–H groups in total. The predicted octanol–water partition coefficient (Wildman–Crippen LogP) is 3.99. The van der Waals surface area contributed by atoms with Gasteiger partial charge in [-0.3, -0.25) is 4.79 Å². The molecule has 1 atom stereocenters. The first kappa shape index (κ1) is 19.2. The number of halogens is 3. The van der Waals surface area contributed by atoms with Crippen molar-refractivity contribution in [3.63, 3.8) is 0 Å². The molecule has 0 radical (unpaired) electrons. The number of amides is 1. The van der Waals surface area contributed by atoms with Crippen molar-refractivity contribution in [1.82, 2.24) is 4.90 Å². The number of morpholine rings is 1. The van der Waals surface area contributed by atoms with Gasteiger partial charge in [0.1, 0.15) is 6.10 Å². The molecule has 7 heteroatoms. The molecule has 0 spiro atoms. The van der Waals surface area contributed by atoms with Gasteiger partial charge in [-0.15, -0.1) is 0 Å². The van der Waals surface area contributed by atoms with Crippen molar-refractivity contribution in [2.24, 2.45) is 0 Å². The first-order chi connectivity index (χ1) is 12.8. The van der Waals surface area contributed by atoms with Gasteiger partial charge in [0.15, 0.2) is 0 Å². The number of carbonyl (C=O) groups excluding carboxylic acids is 1. The quantitative estimate of drug-likeness (QED) is 0.810. The van der Waals surface area contributed by atoms with Crippen LogP contribution in [0, 0.1) is 0 Å². The first-order valence-electron chi connectivity index (χ1n) is 8.61. The molecule has 0 saturated carbocycles. The molecule has 1 fully saturated rings. The Morgan fingerprint density at radius 2 is 1.85 bits per heavy atom. The minimum atomic E-state index is -4.37. The summed E-state index contributed by atoms with van der Waals surface area (Å²) in [7, 11) is 3.80. The van der Waals surface area contributed by atoms with Crippen molar-refractivity contribution in [1.29, 1.82) is 0 Å². The SMILES string of the molecule is CN(C)c1cccc(C(=O)N2CCO[C@@H](c3ccc(C(F)(F)F)cc3)C2)c1. The number of benzene rings is 2. The number of carbonyl (C=O) groups is 1. The maximum atomic E-state index is 12.8. The van der Waals surface area contributed by atoms with Crippen molar-refractivity contribution in [2.75, 3.05) is 38.7 Å². The van der Waals surface area contributed by atoms with Crippen LogP contribution in [0.25, 0.3) is 0 Å². The van der Waals surface area contributed by atoms with Crippen LogP contribution in [0.3, 0.4) is 0 Å². The molecule has 27 heavy (non-hydrogen) atoms. The Morgan fingerprint density at radius 1 is 1.15 bits per heavy atom. The summed E-state index contributed by atoms with van der Waals surface area (Å²) in [5.74, 6) is -0.112. The largest absolute Gasteiger partial charge is 0.416 e. The van der Waals surface area contributed by atoms with Crippen LogP contribution >= 0.6 is 0 Å². The molecule has 144 valence electrons.